The van der Waals surface area contributed by atoms with E-state index in [0.717, 1.165) is 17.7 Å². The molecule has 0 atom stereocenters. The lowest BCUT2D eigenvalue weighted by atomic mass is 10.1. The Kier molecular flexibility index (Phi) is 4.40. The largest absolute Gasteiger partial charge is 0.494 e. The van der Waals surface area contributed by atoms with Gasteiger partial charge in [-0.3, -0.25) is 4.79 Å². The maximum atomic E-state index is 11.7. The lowest BCUT2D eigenvalue weighted by molar-refractivity contribution is 0.317. The number of hydrogen-bond acceptors (Lipinski definition) is 4. The Hall–Kier alpha value is -2.30. The van der Waals surface area contributed by atoms with Crippen molar-refractivity contribution in [2.45, 2.75) is 26.8 Å². The summed E-state index contributed by atoms with van der Waals surface area (Å²) in [5.74, 6) is 0.791. The number of aryl methyl sites for hydroxylation is 1. The molecule has 20 heavy (non-hydrogen) atoms. The third-order valence-corrected chi connectivity index (χ3v) is 2.90. The van der Waals surface area contributed by atoms with E-state index in [1.54, 1.807) is 6.07 Å². The van der Waals surface area contributed by atoms with Gasteiger partial charge in [-0.1, -0.05) is 19.1 Å². The first-order valence-electron chi connectivity index (χ1n) is 6.76. The molecular formula is C15H19N3O2. The summed E-state index contributed by atoms with van der Waals surface area (Å²) in [5.41, 5.74) is 7.25. The maximum absolute atomic E-state index is 11.7. The van der Waals surface area contributed by atoms with Gasteiger partial charge in [-0.2, -0.15) is 5.10 Å². The van der Waals surface area contributed by atoms with E-state index in [0.29, 0.717) is 18.8 Å². The van der Waals surface area contributed by atoms with Crippen molar-refractivity contribution in [3.63, 3.8) is 0 Å². The number of hydrogen-bond donors (Lipinski definition) is 1. The standard InChI is InChI=1S/C15H19N3O2/c1-3-8-20-12-7-5-6-11(9-12)14-10-13(16)15(19)18(4-2)17-14/h5-7,9-10H,3-4,8,16H2,1-2H3. The minimum absolute atomic E-state index is 0.205. The molecule has 5 nitrogen and oxygen atoms in total. The van der Waals surface area contributed by atoms with Crippen LogP contribution in [-0.2, 0) is 6.54 Å². The van der Waals surface area contributed by atoms with Crippen LogP contribution in [0.25, 0.3) is 11.3 Å². The highest BCUT2D eigenvalue weighted by Crippen LogP contribution is 2.22. The Morgan fingerprint density at radius 2 is 2.10 bits per heavy atom. The highest BCUT2D eigenvalue weighted by molar-refractivity contribution is 5.63. The van der Waals surface area contributed by atoms with Crippen LogP contribution < -0.4 is 16.0 Å². The van der Waals surface area contributed by atoms with E-state index >= 15 is 0 Å². The predicted octanol–water partition coefficient (Wildman–Crippen LogP) is 2.30. The van der Waals surface area contributed by atoms with Crippen LogP contribution in [-0.4, -0.2) is 16.4 Å². The number of nitrogens with two attached hydrogens (primary N) is 1. The van der Waals surface area contributed by atoms with Gasteiger partial charge >= 0.3 is 0 Å². The van der Waals surface area contributed by atoms with Gasteiger partial charge in [0.15, 0.2) is 0 Å². The Balaban J connectivity index is 2.41. The molecule has 2 N–H and O–H groups in total. The molecule has 0 spiro atoms. The quantitative estimate of drug-likeness (QED) is 0.907. The summed E-state index contributed by atoms with van der Waals surface area (Å²) >= 11 is 0. The number of rotatable bonds is 5. The van der Waals surface area contributed by atoms with Gasteiger partial charge in [-0.15, -0.1) is 0 Å². The molecule has 1 aromatic heterocycles. The van der Waals surface area contributed by atoms with Crippen LogP contribution in [0.3, 0.4) is 0 Å². The van der Waals surface area contributed by atoms with Gasteiger partial charge in [0.1, 0.15) is 11.4 Å². The number of benzene rings is 1. The van der Waals surface area contributed by atoms with Crippen LogP contribution in [0.4, 0.5) is 5.69 Å². The van der Waals surface area contributed by atoms with Crippen molar-refractivity contribution in [1.29, 1.82) is 0 Å². The first-order chi connectivity index (χ1) is 9.65. The highest BCUT2D eigenvalue weighted by Gasteiger charge is 2.07. The zero-order valence-corrected chi connectivity index (χ0v) is 11.8. The molecule has 106 valence electrons. The fourth-order valence-corrected chi connectivity index (χ4v) is 1.88. The van der Waals surface area contributed by atoms with Crippen molar-refractivity contribution < 1.29 is 4.74 Å². The van der Waals surface area contributed by atoms with Crippen molar-refractivity contribution in [1.82, 2.24) is 9.78 Å². The van der Waals surface area contributed by atoms with Crippen molar-refractivity contribution in [2.75, 3.05) is 12.3 Å². The molecule has 0 saturated heterocycles. The lowest BCUT2D eigenvalue weighted by Crippen LogP contribution is -2.24. The monoisotopic (exact) mass is 273 g/mol. The number of aromatic nitrogens is 2. The molecule has 0 bridgehead atoms. The van der Waals surface area contributed by atoms with Gasteiger partial charge in [0.2, 0.25) is 0 Å². The minimum Gasteiger partial charge on any atom is -0.494 e. The van der Waals surface area contributed by atoms with Gasteiger partial charge in [0.05, 0.1) is 12.3 Å². The van der Waals surface area contributed by atoms with Crippen LogP contribution in [0, 0.1) is 0 Å². The van der Waals surface area contributed by atoms with E-state index in [9.17, 15) is 4.79 Å². The van der Waals surface area contributed by atoms with Gasteiger partial charge in [-0.25, -0.2) is 4.68 Å². The Morgan fingerprint density at radius 1 is 1.30 bits per heavy atom. The Labute approximate surface area is 118 Å². The van der Waals surface area contributed by atoms with Crippen LogP contribution in [0.1, 0.15) is 20.3 Å². The normalized spacial score (nSPS) is 10.5. The average Bonchev–Trinajstić information content (AvgIpc) is 2.48. The number of anilines is 1. The van der Waals surface area contributed by atoms with Gasteiger partial charge < -0.3 is 10.5 Å². The molecular weight excluding hydrogens is 254 g/mol. The number of nitrogen functional groups attached to an aromatic ring is 1. The molecule has 0 aliphatic rings. The second kappa shape index (κ2) is 6.23. The molecule has 0 radical (unpaired) electrons. The predicted molar refractivity (Wildman–Crippen MR) is 79.8 cm³/mol. The molecule has 0 aliphatic heterocycles. The van der Waals surface area contributed by atoms with Crippen molar-refractivity contribution in [3.8, 4) is 17.0 Å². The number of nitrogens with zero attached hydrogens (tertiary/aromatic N) is 2. The second-order valence-electron chi connectivity index (χ2n) is 4.48. The molecule has 0 aliphatic carbocycles. The lowest BCUT2D eigenvalue weighted by Gasteiger charge is -2.09. The molecule has 5 heteroatoms. The van der Waals surface area contributed by atoms with Crippen LogP contribution in [0.15, 0.2) is 35.1 Å². The molecule has 2 rings (SSSR count). The summed E-state index contributed by atoms with van der Waals surface area (Å²) in [4.78, 5) is 11.7. The third kappa shape index (κ3) is 2.99. The van der Waals surface area contributed by atoms with Crippen molar-refractivity contribution in [2.24, 2.45) is 0 Å². The third-order valence-electron chi connectivity index (χ3n) is 2.90. The average molecular weight is 273 g/mol. The van der Waals surface area contributed by atoms with Gasteiger partial charge in [0, 0.05) is 12.1 Å². The fourth-order valence-electron chi connectivity index (χ4n) is 1.88. The van der Waals surface area contributed by atoms with Gasteiger partial charge in [-0.05, 0) is 31.5 Å². The molecule has 0 saturated carbocycles. The van der Waals surface area contributed by atoms with E-state index in [1.165, 1.54) is 4.68 Å². The van der Waals surface area contributed by atoms with E-state index in [1.807, 2.05) is 31.2 Å². The molecule has 0 fully saturated rings. The van der Waals surface area contributed by atoms with Crippen molar-refractivity contribution in [3.05, 3.63) is 40.7 Å². The zero-order valence-electron chi connectivity index (χ0n) is 11.8. The minimum atomic E-state index is -0.255. The van der Waals surface area contributed by atoms with E-state index < -0.39 is 0 Å². The first-order valence-corrected chi connectivity index (χ1v) is 6.76. The summed E-state index contributed by atoms with van der Waals surface area (Å²) in [5, 5.41) is 4.31. The van der Waals surface area contributed by atoms with Crippen LogP contribution in [0.2, 0.25) is 0 Å². The Bertz CT molecular complexity index is 650. The van der Waals surface area contributed by atoms with Crippen LogP contribution >= 0.6 is 0 Å². The van der Waals surface area contributed by atoms with E-state index in [2.05, 4.69) is 12.0 Å². The van der Waals surface area contributed by atoms with Crippen molar-refractivity contribution >= 4 is 5.69 Å². The molecule has 0 amide bonds. The summed E-state index contributed by atoms with van der Waals surface area (Å²) in [6.45, 7) is 5.08. The maximum Gasteiger partial charge on any atom is 0.289 e. The first kappa shape index (κ1) is 14.1. The van der Waals surface area contributed by atoms with Crippen LogP contribution in [0.5, 0.6) is 5.75 Å². The molecule has 0 unspecified atom stereocenters. The SMILES string of the molecule is CCCOc1cccc(-c2cc(N)c(=O)n(CC)n2)c1. The summed E-state index contributed by atoms with van der Waals surface area (Å²) in [6.07, 6.45) is 0.955. The fraction of sp³-hybridized carbons (Fsp3) is 0.333. The highest BCUT2D eigenvalue weighted by atomic mass is 16.5. The summed E-state index contributed by atoms with van der Waals surface area (Å²) in [7, 11) is 0. The van der Waals surface area contributed by atoms with E-state index in [-0.39, 0.29) is 11.2 Å². The molecule has 1 aromatic carbocycles. The summed E-state index contributed by atoms with van der Waals surface area (Å²) < 4.78 is 6.97. The van der Waals surface area contributed by atoms with Gasteiger partial charge in [0.25, 0.3) is 5.56 Å². The number of ether oxygens (including phenoxy) is 1. The van der Waals surface area contributed by atoms with E-state index in [4.69, 9.17) is 10.5 Å². The smallest absolute Gasteiger partial charge is 0.289 e. The molecule has 1 heterocycles. The Morgan fingerprint density at radius 3 is 2.80 bits per heavy atom. The topological polar surface area (TPSA) is 70.1 Å². The second-order valence-corrected chi connectivity index (χ2v) is 4.48. The zero-order chi connectivity index (χ0) is 14.5. The summed E-state index contributed by atoms with van der Waals surface area (Å²) in [6, 6.07) is 9.23. The molecule has 2 aromatic rings.